The van der Waals surface area contributed by atoms with Crippen LogP contribution < -0.4 is 14.4 Å². The zero-order valence-corrected chi connectivity index (χ0v) is 14.5. The Bertz CT molecular complexity index is 865. The monoisotopic (exact) mass is 362 g/mol. The Morgan fingerprint density at radius 2 is 1.96 bits per heavy atom. The Morgan fingerprint density at radius 3 is 2.60 bits per heavy atom. The van der Waals surface area contributed by atoms with Gasteiger partial charge in [0.1, 0.15) is 12.4 Å². The molecule has 1 fully saturated rings. The van der Waals surface area contributed by atoms with Crippen LogP contribution in [0.25, 0.3) is 0 Å². The minimum atomic E-state index is -3.74. The lowest BCUT2D eigenvalue weighted by Gasteiger charge is -2.15. The summed E-state index contributed by atoms with van der Waals surface area (Å²) in [6.45, 7) is 3.13. The SMILES string of the molecule is CCOc1ccc(S(=O)(=O)Nc2cccc(N3CCOC3=O)c2)cc1. The van der Waals surface area contributed by atoms with Crippen LogP contribution >= 0.6 is 0 Å². The first kappa shape index (κ1) is 17.1. The molecule has 0 spiro atoms. The molecule has 1 saturated heterocycles. The van der Waals surface area contributed by atoms with Gasteiger partial charge in [-0.25, -0.2) is 13.2 Å². The molecule has 2 aromatic rings. The molecule has 2 aromatic carbocycles. The van der Waals surface area contributed by atoms with Gasteiger partial charge in [0.2, 0.25) is 0 Å². The van der Waals surface area contributed by atoms with Crippen molar-refractivity contribution in [3.8, 4) is 5.75 Å². The Hall–Kier alpha value is -2.74. The fourth-order valence-corrected chi connectivity index (χ4v) is 3.51. The van der Waals surface area contributed by atoms with Crippen LogP contribution in [-0.4, -0.2) is 34.3 Å². The Kier molecular flexibility index (Phi) is 4.80. The van der Waals surface area contributed by atoms with Crippen molar-refractivity contribution in [1.29, 1.82) is 0 Å². The van der Waals surface area contributed by atoms with E-state index in [1.165, 1.54) is 17.0 Å². The number of cyclic esters (lactones) is 1. The van der Waals surface area contributed by atoms with Crippen molar-refractivity contribution in [2.75, 3.05) is 29.4 Å². The summed E-state index contributed by atoms with van der Waals surface area (Å²) >= 11 is 0. The van der Waals surface area contributed by atoms with Gasteiger partial charge in [-0.15, -0.1) is 0 Å². The van der Waals surface area contributed by atoms with Crippen molar-refractivity contribution in [2.24, 2.45) is 0 Å². The van der Waals surface area contributed by atoms with E-state index in [0.717, 1.165) is 0 Å². The number of hydrogen-bond acceptors (Lipinski definition) is 5. The van der Waals surface area contributed by atoms with Crippen molar-refractivity contribution >= 4 is 27.5 Å². The number of amides is 1. The predicted molar refractivity (Wildman–Crippen MR) is 93.6 cm³/mol. The minimum absolute atomic E-state index is 0.127. The summed E-state index contributed by atoms with van der Waals surface area (Å²) in [7, 11) is -3.74. The second-order valence-corrected chi connectivity index (χ2v) is 7.01. The number of nitrogens with zero attached hydrogens (tertiary/aromatic N) is 1. The summed E-state index contributed by atoms with van der Waals surface area (Å²) in [6, 6.07) is 12.8. The molecule has 7 nitrogen and oxygen atoms in total. The Balaban J connectivity index is 1.79. The third kappa shape index (κ3) is 3.85. The Morgan fingerprint density at radius 1 is 1.20 bits per heavy atom. The van der Waals surface area contributed by atoms with Crippen molar-refractivity contribution < 1.29 is 22.7 Å². The van der Waals surface area contributed by atoms with Crippen molar-refractivity contribution in [3.05, 3.63) is 48.5 Å². The van der Waals surface area contributed by atoms with Gasteiger partial charge in [-0.3, -0.25) is 9.62 Å². The normalized spacial score (nSPS) is 14.3. The molecule has 1 N–H and O–H groups in total. The number of hydrogen-bond donors (Lipinski definition) is 1. The molecule has 0 bridgehead atoms. The van der Waals surface area contributed by atoms with Crippen molar-refractivity contribution in [3.63, 3.8) is 0 Å². The van der Waals surface area contributed by atoms with Gasteiger partial charge in [0.25, 0.3) is 10.0 Å². The molecule has 1 aliphatic heterocycles. The van der Waals surface area contributed by atoms with E-state index in [4.69, 9.17) is 9.47 Å². The molecule has 0 saturated carbocycles. The smallest absolute Gasteiger partial charge is 0.414 e. The van der Waals surface area contributed by atoms with E-state index in [0.29, 0.717) is 36.9 Å². The molecule has 3 rings (SSSR count). The highest BCUT2D eigenvalue weighted by Gasteiger charge is 2.24. The van der Waals surface area contributed by atoms with Gasteiger partial charge in [-0.1, -0.05) is 6.07 Å². The number of rotatable bonds is 6. The number of ether oxygens (including phenoxy) is 2. The van der Waals surface area contributed by atoms with Crippen molar-refractivity contribution in [1.82, 2.24) is 0 Å². The summed E-state index contributed by atoms with van der Waals surface area (Å²) in [5, 5.41) is 0. The van der Waals surface area contributed by atoms with Crippen LogP contribution in [0.5, 0.6) is 5.75 Å². The lowest BCUT2D eigenvalue weighted by molar-refractivity contribution is 0.181. The van der Waals surface area contributed by atoms with Gasteiger partial charge in [0.15, 0.2) is 0 Å². The number of carbonyl (C=O) groups excluding carboxylic acids is 1. The molecule has 1 amide bonds. The average Bonchev–Trinajstić information content (AvgIpc) is 3.02. The van der Waals surface area contributed by atoms with Gasteiger partial charge < -0.3 is 9.47 Å². The molecule has 0 unspecified atom stereocenters. The van der Waals surface area contributed by atoms with Gasteiger partial charge in [-0.2, -0.15) is 0 Å². The predicted octanol–water partition coefficient (Wildman–Crippen LogP) is 2.84. The lowest BCUT2D eigenvalue weighted by atomic mass is 10.2. The fraction of sp³-hybridized carbons (Fsp3) is 0.235. The minimum Gasteiger partial charge on any atom is -0.494 e. The van der Waals surface area contributed by atoms with Crippen LogP contribution in [0.1, 0.15) is 6.92 Å². The van der Waals surface area contributed by atoms with E-state index >= 15 is 0 Å². The molecule has 8 heteroatoms. The molecule has 0 atom stereocenters. The topological polar surface area (TPSA) is 84.9 Å². The summed E-state index contributed by atoms with van der Waals surface area (Å²) in [5.41, 5.74) is 0.945. The quantitative estimate of drug-likeness (QED) is 0.854. The van der Waals surface area contributed by atoms with Crippen LogP contribution in [0, 0.1) is 0 Å². The van der Waals surface area contributed by atoms with Gasteiger partial charge in [0, 0.05) is 5.69 Å². The number of carbonyl (C=O) groups is 1. The third-order valence-electron chi connectivity index (χ3n) is 3.62. The maximum absolute atomic E-state index is 12.5. The number of benzene rings is 2. The maximum atomic E-state index is 12.5. The molecule has 0 aliphatic carbocycles. The first-order valence-electron chi connectivity index (χ1n) is 7.79. The highest BCUT2D eigenvalue weighted by molar-refractivity contribution is 7.92. The second kappa shape index (κ2) is 7.02. The van der Waals surface area contributed by atoms with Crippen LogP contribution in [0.15, 0.2) is 53.4 Å². The van der Waals surface area contributed by atoms with Crippen LogP contribution in [0.2, 0.25) is 0 Å². The number of anilines is 2. The summed E-state index contributed by atoms with van der Waals surface area (Å²) < 4.78 is 37.7. The molecule has 1 heterocycles. The fourth-order valence-electron chi connectivity index (χ4n) is 2.46. The molecule has 0 aromatic heterocycles. The summed E-state index contributed by atoms with van der Waals surface area (Å²) in [4.78, 5) is 13.2. The molecule has 1 aliphatic rings. The van der Waals surface area contributed by atoms with E-state index in [2.05, 4.69) is 4.72 Å². The summed E-state index contributed by atoms with van der Waals surface area (Å²) in [6.07, 6.45) is -0.438. The third-order valence-corrected chi connectivity index (χ3v) is 5.01. The first-order valence-corrected chi connectivity index (χ1v) is 9.28. The van der Waals surface area contributed by atoms with Crippen LogP contribution in [0.3, 0.4) is 0 Å². The zero-order chi connectivity index (χ0) is 17.9. The molecule has 25 heavy (non-hydrogen) atoms. The van der Waals surface area contributed by atoms with E-state index in [9.17, 15) is 13.2 Å². The second-order valence-electron chi connectivity index (χ2n) is 5.33. The van der Waals surface area contributed by atoms with E-state index in [-0.39, 0.29) is 4.90 Å². The Labute approximate surface area is 146 Å². The maximum Gasteiger partial charge on any atom is 0.414 e. The van der Waals surface area contributed by atoms with Crippen LogP contribution in [-0.2, 0) is 14.8 Å². The molecular weight excluding hydrogens is 344 g/mol. The molecule has 132 valence electrons. The molecule has 0 radical (unpaired) electrons. The molecular formula is C17H18N2O5S. The van der Waals surface area contributed by atoms with E-state index in [1.807, 2.05) is 6.92 Å². The zero-order valence-electron chi connectivity index (χ0n) is 13.6. The van der Waals surface area contributed by atoms with E-state index < -0.39 is 16.1 Å². The largest absolute Gasteiger partial charge is 0.494 e. The summed E-state index contributed by atoms with van der Waals surface area (Å²) in [5.74, 6) is 0.607. The standard InChI is InChI=1S/C17H18N2O5S/c1-2-23-15-6-8-16(9-7-15)25(21,22)18-13-4-3-5-14(12-13)19-10-11-24-17(19)20/h3-9,12,18H,2,10-11H2,1H3. The van der Waals surface area contributed by atoms with Crippen molar-refractivity contribution in [2.45, 2.75) is 11.8 Å². The van der Waals surface area contributed by atoms with Gasteiger partial charge >= 0.3 is 6.09 Å². The van der Waals surface area contributed by atoms with Gasteiger partial charge in [0.05, 0.1) is 23.7 Å². The van der Waals surface area contributed by atoms with Crippen LogP contribution in [0.4, 0.5) is 16.2 Å². The average molecular weight is 362 g/mol. The highest BCUT2D eigenvalue weighted by Crippen LogP contribution is 2.25. The number of sulfonamides is 1. The lowest BCUT2D eigenvalue weighted by Crippen LogP contribution is -2.23. The van der Waals surface area contributed by atoms with E-state index in [1.54, 1.807) is 36.4 Å². The first-order chi connectivity index (χ1) is 12.0. The number of nitrogens with one attached hydrogen (secondary N) is 1. The highest BCUT2D eigenvalue weighted by atomic mass is 32.2. The van der Waals surface area contributed by atoms with Gasteiger partial charge in [-0.05, 0) is 49.4 Å².